The summed E-state index contributed by atoms with van der Waals surface area (Å²) in [6.45, 7) is 12.2. The molecule has 0 radical (unpaired) electrons. The van der Waals surface area contributed by atoms with Gasteiger partial charge in [-0.15, -0.1) is 0 Å². The van der Waals surface area contributed by atoms with E-state index in [0.29, 0.717) is 21.4 Å². The molecule has 0 saturated heterocycles. The summed E-state index contributed by atoms with van der Waals surface area (Å²) in [5.41, 5.74) is 3.69. The molecule has 0 bridgehead atoms. The van der Waals surface area contributed by atoms with Crippen molar-refractivity contribution in [3.63, 3.8) is 0 Å². The van der Waals surface area contributed by atoms with Gasteiger partial charge in [0.25, 0.3) is 0 Å². The number of hydrogen-bond acceptors (Lipinski definition) is 5. The summed E-state index contributed by atoms with van der Waals surface area (Å²) >= 11 is 6.62. The highest BCUT2D eigenvalue weighted by molar-refractivity contribution is 6.33. The van der Waals surface area contributed by atoms with Crippen LogP contribution < -0.4 is 10.4 Å². The summed E-state index contributed by atoms with van der Waals surface area (Å²) in [7, 11) is 0. The van der Waals surface area contributed by atoms with Gasteiger partial charge in [-0.05, 0) is 108 Å². The van der Waals surface area contributed by atoms with E-state index in [2.05, 4.69) is 40.7 Å². The maximum atomic E-state index is 13.1. The molecule has 6 heteroatoms. The van der Waals surface area contributed by atoms with Gasteiger partial charge in [0.2, 0.25) is 0 Å². The van der Waals surface area contributed by atoms with Crippen LogP contribution in [0.25, 0.3) is 22.1 Å². The lowest BCUT2D eigenvalue weighted by atomic mass is 9.47. The van der Waals surface area contributed by atoms with Gasteiger partial charge in [-0.3, -0.25) is 0 Å². The molecule has 3 saturated carbocycles. The van der Waals surface area contributed by atoms with Crippen molar-refractivity contribution < 1.29 is 18.7 Å². The molecular formula is C44H55ClO5. The highest BCUT2D eigenvalue weighted by Crippen LogP contribution is 2.67. The standard InChI is InChI=1S/C44H55ClO5/c1-27(2)10-9-11-28(3)35-16-17-36-32-15-14-30-22-31(18-20-43(30,4)37(32)19-21-44(35,36)5)49-42(47)26-48-40-25-39-34(23-38(40)45)33(24-41(46)50-39)29-12-7-6-8-13-29/h6-8,12-14,23-25,27-28,31-32,35-37H,9-11,15-22,26H2,1-5H3/t28-,31+,32+,35-,36+,37+,43+,44-/m1/s1. The Morgan fingerprint density at radius 2 is 1.78 bits per heavy atom. The van der Waals surface area contributed by atoms with Crippen molar-refractivity contribution >= 4 is 28.5 Å². The molecule has 7 rings (SSSR count). The van der Waals surface area contributed by atoms with Crippen LogP contribution >= 0.6 is 11.6 Å². The van der Waals surface area contributed by atoms with Crippen LogP contribution in [-0.2, 0) is 9.53 Å². The van der Waals surface area contributed by atoms with Crippen LogP contribution in [0.3, 0.4) is 0 Å². The molecule has 4 aliphatic rings. The number of carbonyl (C=O) groups excluding carboxylic acids is 1. The number of carbonyl (C=O) groups is 1. The molecule has 8 atom stereocenters. The average Bonchev–Trinajstić information content (AvgIpc) is 3.45. The van der Waals surface area contributed by atoms with Gasteiger partial charge in [0, 0.05) is 23.9 Å². The number of halogens is 1. The highest BCUT2D eigenvalue weighted by atomic mass is 35.5. The van der Waals surface area contributed by atoms with Crippen molar-refractivity contribution in [3.8, 4) is 16.9 Å². The van der Waals surface area contributed by atoms with Gasteiger partial charge in [0.05, 0.1) is 5.02 Å². The molecule has 0 unspecified atom stereocenters. The quantitative estimate of drug-likeness (QED) is 0.120. The van der Waals surface area contributed by atoms with Crippen LogP contribution in [0.5, 0.6) is 5.75 Å². The zero-order valence-electron chi connectivity index (χ0n) is 30.6. The second-order valence-electron chi connectivity index (χ2n) is 17.1. The van der Waals surface area contributed by atoms with Gasteiger partial charge in [0.15, 0.2) is 6.61 Å². The van der Waals surface area contributed by atoms with E-state index in [1.54, 1.807) is 12.1 Å². The Kier molecular flexibility index (Phi) is 10.0. The van der Waals surface area contributed by atoms with Crippen molar-refractivity contribution in [3.05, 3.63) is 75.6 Å². The Morgan fingerprint density at radius 1 is 0.980 bits per heavy atom. The summed E-state index contributed by atoms with van der Waals surface area (Å²) in [5.74, 6) is 4.71. The van der Waals surface area contributed by atoms with Crippen LogP contribution in [0.2, 0.25) is 5.02 Å². The van der Waals surface area contributed by atoms with Crippen molar-refractivity contribution in [2.45, 2.75) is 111 Å². The lowest BCUT2D eigenvalue weighted by Crippen LogP contribution is -2.51. The second-order valence-corrected chi connectivity index (χ2v) is 17.5. The Hall–Kier alpha value is -3.05. The third-order valence-corrected chi connectivity index (χ3v) is 14.1. The van der Waals surface area contributed by atoms with E-state index >= 15 is 0 Å². The Labute approximate surface area is 303 Å². The molecule has 1 heterocycles. The van der Waals surface area contributed by atoms with Crippen molar-refractivity contribution in [1.82, 2.24) is 0 Å². The van der Waals surface area contributed by atoms with E-state index in [4.69, 9.17) is 25.5 Å². The molecule has 0 spiro atoms. The summed E-state index contributed by atoms with van der Waals surface area (Å²) < 4.78 is 17.4. The van der Waals surface area contributed by atoms with Gasteiger partial charge in [-0.25, -0.2) is 9.59 Å². The molecule has 0 N–H and O–H groups in total. The van der Waals surface area contributed by atoms with Crippen LogP contribution in [-0.4, -0.2) is 18.7 Å². The molecule has 4 aliphatic carbocycles. The highest BCUT2D eigenvalue weighted by Gasteiger charge is 2.59. The zero-order chi connectivity index (χ0) is 35.2. The fourth-order valence-electron chi connectivity index (χ4n) is 11.2. The number of esters is 1. The Balaban J connectivity index is 0.973. The number of ether oxygens (including phenoxy) is 2. The van der Waals surface area contributed by atoms with Crippen LogP contribution in [0.4, 0.5) is 0 Å². The monoisotopic (exact) mass is 698 g/mol. The fourth-order valence-corrected chi connectivity index (χ4v) is 11.5. The first-order valence-corrected chi connectivity index (χ1v) is 19.7. The number of rotatable bonds is 10. The Bertz CT molecular complexity index is 1790. The third-order valence-electron chi connectivity index (χ3n) is 13.8. The smallest absolute Gasteiger partial charge is 0.344 e. The topological polar surface area (TPSA) is 65.7 Å². The molecule has 2 aromatic carbocycles. The number of hydrogen-bond donors (Lipinski definition) is 0. The van der Waals surface area contributed by atoms with E-state index in [-0.39, 0.29) is 23.9 Å². The SMILES string of the molecule is CC(C)CCC[C@@H](C)[C@H]1CC[C@H]2[C@@H]3CC=C4C[C@@H](OC(=O)COc5cc6oc(=O)cc(-c7ccccc7)c6cc5Cl)CC[C@]4(C)[C@H]3CC[C@]12C. The zero-order valence-corrected chi connectivity index (χ0v) is 31.4. The fraction of sp³-hybridized carbons (Fsp3) is 0.591. The van der Waals surface area contributed by atoms with E-state index in [1.807, 2.05) is 30.3 Å². The first-order chi connectivity index (χ1) is 24.0. The molecule has 1 aromatic heterocycles. The van der Waals surface area contributed by atoms with E-state index in [0.717, 1.165) is 65.9 Å². The minimum absolute atomic E-state index is 0.142. The van der Waals surface area contributed by atoms with Crippen LogP contribution in [0, 0.1) is 46.3 Å². The maximum Gasteiger partial charge on any atom is 0.344 e. The Morgan fingerprint density at radius 3 is 2.56 bits per heavy atom. The number of allylic oxidation sites excluding steroid dienone is 1. The molecule has 3 fully saturated rings. The lowest BCUT2D eigenvalue weighted by Gasteiger charge is -2.58. The minimum atomic E-state index is -0.464. The van der Waals surface area contributed by atoms with Gasteiger partial charge < -0.3 is 13.9 Å². The van der Waals surface area contributed by atoms with Gasteiger partial charge in [-0.1, -0.05) is 107 Å². The summed E-state index contributed by atoms with van der Waals surface area (Å²) in [5, 5.41) is 1.04. The number of benzene rings is 2. The predicted molar refractivity (Wildman–Crippen MR) is 201 cm³/mol. The predicted octanol–water partition coefficient (Wildman–Crippen LogP) is 11.4. The third kappa shape index (κ3) is 6.69. The second kappa shape index (κ2) is 14.2. The minimum Gasteiger partial charge on any atom is -0.480 e. The van der Waals surface area contributed by atoms with Crippen molar-refractivity contribution in [1.29, 1.82) is 0 Å². The first kappa shape index (κ1) is 35.4. The van der Waals surface area contributed by atoms with E-state index in [9.17, 15) is 9.59 Å². The molecule has 3 aromatic rings. The van der Waals surface area contributed by atoms with Gasteiger partial charge in [0.1, 0.15) is 17.4 Å². The molecule has 50 heavy (non-hydrogen) atoms. The van der Waals surface area contributed by atoms with Crippen molar-refractivity contribution in [2.75, 3.05) is 6.61 Å². The average molecular weight is 699 g/mol. The molecule has 0 amide bonds. The summed E-state index contributed by atoms with van der Waals surface area (Å²) in [6, 6.07) is 14.4. The molecule has 268 valence electrons. The summed E-state index contributed by atoms with van der Waals surface area (Å²) in [4.78, 5) is 25.5. The normalized spacial score (nSPS) is 31.0. The van der Waals surface area contributed by atoms with E-state index in [1.165, 1.54) is 63.0 Å². The van der Waals surface area contributed by atoms with Gasteiger partial charge >= 0.3 is 11.6 Å². The molecule has 5 nitrogen and oxygen atoms in total. The molecular weight excluding hydrogens is 644 g/mol. The maximum absolute atomic E-state index is 13.1. The molecule has 0 aliphatic heterocycles. The van der Waals surface area contributed by atoms with Gasteiger partial charge in [-0.2, -0.15) is 0 Å². The number of fused-ring (bicyclic) bond motifs is 6. The first-order valence-electron chi connectivity index (χ1n) is 19.3. The lowest BCUT2D eigenvalue weighted by molar-refractivity contribution is -0.153. The largest absolute Gasteiger partial charge is 0.480 e. The van der Waals surface area contributed by atoms with Crippen LogP contribution in [0.15, 0.2) is 69.4 Å². The van der Waals surface area contributed by atoms with Crippen LogP contribution in [0.1, 0.15) is 105 Å². The van der Waals surface area contributed by atoms with E-state index < -0.39 is 11.6 Å². The summed E-state index contributed by atoms with van der Waals surface area (Å²) in [6.07, 6.45) is 16.0. The van der Waals surface area contributed by atoms with Crippen molar-refractivity contribution in [2.24, 2.45) is 46.3 Å².